The zero-order valence-electron chi connectivity index (χ0n) is 39.5. The van der Waals surface area contributed by atoms with E-state index in [-0.39, 0.29) is 0 Å². The van der Waals surface area contributed by atoms with Gasteiger partial charge in [-0.05, 0) is 112 Å². The van der Waals surface area contributed by atoms with E-state index in [2.05, 4.69) is 162 Å². The van der Waals surface area contributed by atoms with Gasteiger partial charge >= 0.3 is 0 Å². The largest absolute Gasteiger partial charge is 0.456 e. The third-order valence-electron chi connectivity index (χ3n) is 14.9. The summed E-state index contributed by atoms with van der Waals surface area (Å²) >= 11 is 0. The van der Waals surface area contributed by atoms with Crippen molar-refractivity contribution in [2.45, 2.75) is 0 Å². The molecule has 0 radical (unpaired) electrons. The third-order valence-corrected chi connectivity index (χ3v) is 14.9. The molecule has 74 heavy (non-hydrogen) atoms. The molecule has 0 N–H and O–H groups in total. The molecule has 344 valence electrons. The summed E-state index contributed by atoms with van der Waals surface area (Å²) in [6.45, 7) is 0. The molecule has 7 heteroatoms. The van der Waals surface area contributed by atoms with Crippen molar-refractivity contribution in [2.24, 2.45) is 0 Å². The molecule has 0 bridgehead atoms. The number of aromatic nitrogens is 4. The fourth-order valence-electron chi connectivity index (χ4n) is 11.5. The summed E-state index contributed by atoms with van der Waals surface area (Å²) in [6, 6.07) is 80.5. The van der Waals surface area contributed by atoms with Crippen molar-refractivity contribution in [3.63, 3.8) is 0 Å². The van der Waals surface area contributed by atoms with Gasteiger partial charge in [0.15, 0.2) is 17.5 Å². The minimum atomic E-state index is 0.519. The van der Waals surface area contributed by atoms with E-state index in [1.807, 2.05) is 72.8 Å². The van der Waals surface area contributed by atoms with E-state index in [1.54, 1.807) is 0 Å². The van der Waals surface area contributed by atoms with Crippen molar-refractivity contribution in [3.8, 4) is 62.1 Å². The van der Waals surface area contributed by atoms with Crippen LogP contribution < -0.4 is 0 Å². The van der Waals surface area contributed by atoms with Gasteiger partial charge < -0.3 is 17.8 Å². The second-order valence-corrected chi connectivity index (χ2v) is 19.0. The van der Waals surface area contributed by atoms with E-state index < -0.39 is 0 Å². The molecular weight excluding hydrogens is 909 g/mol. The van der Waals surface area contributed by atoms with Gasteiger partial charge in [-0.15, -0.1) is 0 Å². The first kappa shape index (κ1) is 40.6. The molecule has 7 nitrogen and oxygen atoms in total. The summed E-state index contributed by atoms with van der Waals surface area (Å²) in [7, 11) is 0. The molecule has 0 fully saturated rings. The number of para-hydroxylation sites is 3. The van der Waals surface area contributed by atoms with Gasteiger partial charge in [0, 0.05) is 65.5 Å². The quantitative estimate of drug-likeness (QED) is 0.165. The van der Waals surface area contributed by atoms with Gasteiger partial charge in [-0.25, -0.2) is 15.0 Å². The van der Waals surface area contributed by atoms with E-state index in [0.717, 1.165) is 110 Å². The fourth-order valence-corrected chi connectivity index (χ4v) is 11.5. The number of hydrogen-bond acceptors (Lipinski definition) is 6. The predicted octanol–water partition coefficient (Wildman–Crippen LogP) is 18.2. The molecule has 11 aromatic carbocycles. The van der Waals surface area contributed by atoms with Crippen molar-refractivity contribution in [1.29, 1.82) is 0 Å². The van der Waals surface area contributed by atoms with Crippen LogP contribution in [-0.4, -0.2) is 19.5 Å². The van der Waals surface area contributed by atoms with Gasteiger partial charge in [0.25, 0.3) is 0 Å². The molecule has 0 aliphatic heterocycles. The van der Waals surface area contributed by atoms with Crippen LogP contribution in [0.25, 0.3) is 160 Å². The Morgan fingerprint density at radius 1 is 0.270 bits per heavy atom. The number of rotatable bonds is 6. The van der Waals surface area contributed by atoms with Gasteiger partial charge in [0.05, 0.1) is 11.0 Å². The molecule has 0 amide bonds. The third kappa shape index (κ3) is 6.10. The normalized spacial score (nSPS) is 12.1. The molecule has 0 spiro atoms. The Morgan fingerprint density at radius 2 is 0.797 bits per heavy atom. The Balaban J connectivity index is 1.00. The molecule has 5 heterocycles. The van der Waals surface area contributed by atoms with Gasteiger partial charge in [0.2, 0.25) is 0 Å². The average Bonchev–Trinajstić information content (AvgIpc) is 4.23. The van der Waals surface area contributed by atoms with Crippen molar-refractivity contribution >= 4 is 98.4 Å². The lowest BCUT2D eigenvalue weighted by molar-refractivity contribution is 0.668. The molecule has 16 rings (SSSR count). The van der Waals surface area contributed by atoms with Gasteiger partial charge in [-0.2, -0.15) is 0 Å². The highest BCUT2D eigenvalue weighted by atomic mass is 16.3. The van der Waals surface area contributed by atoms with Crippen LogP contribution in [0.4, 0.5) is 0 Å². The van der Waals surface area contributed by atoms with Crippen LogP contribution in [0.2, 0.25) is 0 Å². The van der Waals surface area contributed by atoms with Gasteiger partial charge in [0.1, 0.15) is 33.5 Å². The Morgan fingerprint density at radius 3 is 1.49 bits per heavy atom. The summed E-state index contributed by atoms with van der Waals surface area (Å²) in [6.07, 6.45) is 0. The number of fused-ring (bicyclic) bond motifs is 13. The van der Waals surface area contributed by atoms with E-state index in [9.17, 15) is 0 Å². The van der Waals surface area contributed by atoms with Gasteiger partial charge in [-0.3, -0.25) is 0 Å². The number of furan rings is 3. The minimum absolute atomic E-state index is 0.519. The first-order valence-electron chi connectivity index (χ1n) is 24.8. The zero-order valence-corrected chi connectivity index (χ0v) is 39.5. The van der Waals surface area contributed by atoms with Crippen LogP contribution >= 0.6 is 0 Å². The molecular formula is C67H38N4O3. The van der Waals surface area contributed by atoms with Crippen LogP contribution in [0, 0.1) is 0 Å². The first-order chi connectivity index (χ1) is 36.7. The first-order valence-corrected chi connectivity index (χ1v) is 24.8. The molecule has 16 aromatic rings. The summed E-state index contributed by atoms with van der Waals surface area (Å²) in [5.74, 6) is 1.57. The van der Waals surface area contributed by atoms with Crippen LogP contribution in [0.1, 0.15) is 0 Å². The van der Waals surface area contributed by atoms with Crippen LogP contribution in [0.15, 0.2) is 244 Å². The lowest BCUT2D eigenvalue weighted by atomic mass is 9.96. The Labute approximate surface area is 421 Å². The summed E-state index contributed by atoms with van der Waals surface area (Å²) in [5.41, 5.74) is 14.7. The number of benzene rings is 11. The second-order valence-electron chi connectivity index (χ2n) is 19.0. The highest BCUT2D eigenvalue weighted by molar-refractivity contribution is 6.19. The standard InChI is InChI=1S/C67H38N4O3/c1-2-15-39(16-3-1)44-22-12-25-54-62(44)53-35-40-17-4-5-18-41(40)36-55(53)71(54)43-32-34-47(52(38-43)42-31-33-46-45-19-6-9-26-56(45)74-61(46)37-42)65-68-66(50-23-13-29-59-63(50)48-20-7-10-27-57(48)72-59)70-67(69-65)51-24-14-30-60-64(51)49-21-8-11-28-58(49)73-60/h1-38H. The maximum Gasteiger partial charge on any atom is 0.164 e. The van der Waals surface area contributed by atoms with Crippen molar-refractivity contribution in [3.05, 3.63) is 231 Å². The summed E-state index contributed by atoms with van der Waals surface area (Å²) in [5, 5.41) is 10.7. The Kier molecular flexibility index (Phi) is 8.61. The van der Waals surface area contributed by atoms with Crippen LogP contribution in [0.5, 0.6) is 0 Å². The SMILES string of the molecule is c1ccc(-c2cccc3c2c2cc4ccccc4cc2n3-c2ccc(-c3nc(-c4cccc5oc6ccccc6c45)nc(-c4cccc5oc6ccccc6c45)n3)c(-c3ccc4c(c3)oc3ccccc34)c2)cc1. The topological polar surface area (TPSA) is 83.0 Å². The minimum Gasteiger partial charge on any atom is -0.456 e. The van der Waals surface area contributed by atoms with Crippen molar-refractivity contribution < 1.29 is 13.3 Å². The van der Waals surface area contributed by atoms with Crippen molar-refractivity contribution in [2.75, 3.05) is 0 Å². The van der Waals surface area contributed by atoms with Crippen LogP contribution in [-0.2, 0) is 0 Å². The summed E-state index contributed by atoms with van der Waals surface area (Å²) in [4.78, 5) is 16.4. The smallest absolute Gasteiger partial charge is 0.164 e. The molecule has 5 aromatic heterocycles. The fraction of sp³-hybridized carbons (Fsp3) is 0. The predicted molar refractivity (Wildman–Crippen MR) is 301 cm³/mol. The molecule has 0 unspecified atom stereocenters. The highest BCUT2D eigenvalue weighted by Crippen LogP contribution is 2.45. The maximum absolute atomic E-state index is 6.60. The van der Waals surface area contributed by atoms with Gasteiger partial charge in [-0.1, -0.05) is 152 Å². The van der Waals surface area contributed by atoms with E-state index >= 15 is 0 Å². The van der Waals surface area contributed by atoms with E-state index in [1.165, 1.54) is 32.7 Å². The van der Waals surface area contributed by atoms with E-state index in [0.29, 0.717) is 17.5 Å². The highest BCUT2D eigenvalue weighted by Gasteiger charge is 2.24. The molecule has 0 saturated carbocycles. The zero-order chi connectivity index (χ0) is 48.4. The average molecular weight is 947 g/mol. The number of nitrogens with zero attached hydrogens (tertiary/aromatic N) is 4. The molecule has 0 saturated heterocycles. The van der Waals surface area contributed by atoms with Crippen LogP contribution in [0.3, 0.4) is 0 Å². The van der Waals surface area contributed by atoms with E-state index in [4.69, 9.17) is 28.2 Å². The summed E-state index contributed by atoms with van der Waals surface area (Å²) < 4.78 is 21.9. The Bertz CT molecular complexity index is 4850. The molecule has 0 aliphatic carbocycles. The lowest BCUT2D eigenvalue weighted by Gasteiger charge is -2.16. The molecule has 0 atom stereocenters. The Hall–Kier alpha value is -10.1. The number of hydrogen-bond donors (Lipinski definition) is 0. The maximum atomic E-state index is 6.60. The monoisotopic (exact) mass is 946 g/mol. The van der Waals surface area contributed by atoms with Crippen molar-refractivity contribution in [1.82, 2.24) is 19.5 Å². The second kappa shape index (κ2) is 15.7. The lowest BCUT2D eigenvalue weighted by Crippen LogP contribution is -2.02. The molecule has 0 aliphatic rings.